The monoisotopic (exact) mass is 175 g/mol. The number of aryl methyl sites for hydroxylation is 3. The highest BCUT2D eigenvalue weighted by atomic mass is 16.3. The maximum Gasteiger partial charge on any atom is 0.119 e. The summed E-state index contributed by atoms with van der Waals surface area (Å²) in [5.74, 6) is 0.379. The standard InChI is InChI=1S/C11H13NO/c1-6-4-10(13)8(3)9-5-7(2)12-11(6)9/h4-5,12-13H,1-3H3. The molecule has 0 radical (unpaired) electrons. The van der Waals surface area contributed by atoms with Gasteiger partial charge in [-0.1, -0.05) is 0 Å². The van der Waals surface area contributed by atoms with E-state index >= 15 is 0 Å². The number of phenolic OH excluding ortho intramolecular Hbond substituents is 1. The van der Waals surface area contributed by atoms with Gasteiger partial charge in [-0.05, 0) is 38.5 Å². The molecule has 2 N–H and O–H groups in total. The Morgan fingerprint density at radius 1 is 1.15 bits per heavy atom. The fraction of sp³-hybridized carbons (Fsp3) is 0.273. The molecule has 0 unspecified atom stereocenters. The van der Waals surface area contributed by atoms with Crippen molar-refractivity contribution < 1.29 is 5.11 Å². The van der Waals surface area contributed by atoms with Crippen molar-refractivity contribution in [3.63, 3.8) is 0 Å². The number of rotatable bonds is 0. The topological polar surface area (TPSA) is 36.0 Å². The molecule has 13 heavy (non-hydrogen) atoms. The summed E-state index contributed by atoms with van der Waals surface area (Å²) >= 11 is 0. The van der Waals surface area contributed by atoms with Crippen LogP contribution in [0.15, 0.2) is 12.1 Å². The van der Waals surface area contributed by atoms with Gasteiger partial charge in [0, 0.05) is 22.2 Å². The lowest BCUT2D eigenvalue weighted by Crippen LogP contribution is -1.81. The van der Waals surface area contributed by atoms with Gasteiger partial charge in [-0.25, -0.2) is 0 Å². The predicted octanol–water partition coefficient (Wildman–Crippen LogP) is 2.80. The summed E-state index contributed by atoms with van der Waals surface area (Å²) in [4.78, 5) is 3.28. The van der Waals surface area contributed by atoms with E-state index < -0.39 is 0 Å². The molecule has 0 saturated heterocycles. The maximum atomic E-state index is 9.59. The number of hydrogen-bond donors (Lipinski definition) is 2. The van der Waals surface area contributed by atoms with Crippen LogP contribution in [-0.4, -0.2) is 10.1 Å². The van der Waals surface area contributed by atoms with Gasteiger partial charge in [0.1, 0.15) is 5.75 Å². The first kappa shape index (κ1) is 8.17. The van der Waals surface area contributed by atoms with Crippen molar-refractivity contribution in [1.29, 1.82) is 0 Å². The van der Waals surface area contributed by atoms with Crippen molar-refractivity contribution in [2.75, 3.05) is 0 Å². The van der Waals surface area contributed by atoms with Gasteiger partial charge in [0.05, 0.1) is 0 Å². The second kappa shape index (κ2) is 2.52. The van der Waals surface area contributed by atoms with Crippen LogP contribution in [-0.2, 0) is 0 Å². The highest BCUT2D eigenvalue weighted by Gasteiger charge is 2.07. The quantitative estimate of drug-likeness (QED) is 0.634. The Hall–Kier alpha value is -1.44. The van der Waals surface area contributed by atoms with Crippen molar-refractivity contribution >= 4 is 10.9 Å². The summed E-state index contributed by atoms with van der Waals surface area (Å²) in [6, 6.07) is 3.87. The van der Waals surface area contributed by atoms with E-state index in [9.17, 15) is 5.11 Å². The lowest BCUT2D eigenvalue weighted by atomic mass is 10.1. The molecule has 0 aliphatic rings. The largest absolute Gasteiger partial charge is 0.508 e. The molecule has 0 amide bonds. The van der Waals surface area contributed by atoms with Crippen LogP contribution in [0.3, 0.4) is 0 Å². The van der Waals surface area contributed by atoms with Crippen LogP contribution >= 0.6 is 0 Å². The second-order valence-corrected chi connectivity index (χ2v) is 3.58. The fourth-order valence-electron chi connectivity index (χ4n) is 1.72. The lowest BCUT2D eigenvalue weighted by Gasteiger charge is -2.02. The van der Waals surface area contributed by atoms with E-state index in [2.05, 4.69) is 11.1 Å². The number of aromatic hydroxyl groups is 1. The maximum absolute atomic E-state index is 9.59. The Morgan fingerprint density at radius 3 is 2.54 bits per heavy atom. The van der Waals surface area contributed by atoms with E-state index in [1.807, 2.05) is 20.8 Å². The molecular weight excluding hydrogens is 162 g/mol. The zero-order valence-corrected chi connectivity index (χ0v) is 8.10. The number of phenols is 1. The second-order valence-electron chi connectivity index (χ2n) is 3.58. The Bertz CT molecular complexity index is 468. The van der Waals surface area contributed by atoms with Crippen LogP contribution in [0.2, 0.25) is 0 Å². The Kier molecular flexibility index (Phi) is 1.59. The lowest BCUT2D eigenvalue weighted by molar-refractivity contribution is 0.472. The highest BCUT2D eigenvalue weighted by molar-refractivity contribution is 5.88. The van der Waals surface area contributed by atoms with E-state index in [0.29, 0.717) is 5.75 Å². The number of aromatic amines is 1. The predicted molar refractivity (Wildman–Crippen MR) is 54.2 cm³/mol. The molecule has 2 heteroatoms. The van der Waals surface area contributed by atoms with Gasteiger partial charge in [0.2, 0.25) is 0 Å². The van der Waals surface area contributed by atoms with Crippen molar-refractivity contribution in [2.24, 2.45) is 0 Å². The molecule has 1 aromatic carbocycles. The molecule has 68 valence electrons. The average molecular weight is 175 g/mol. The van der Waals surface area contributed by atoms with Crippen LogP contribution in [0.4, 0.5) is 0 Å². The number of benzene rings is 1. The Labute approximate surface area is 77.2 Å². The van der Waals surface area contributed by atoms with Gasteiger partial charge in [-0.15, -0.1) is 0 Å². The first-order chi connectivity index (χ1) is 6.09. The van der Waals surface area contributed by atoms with E-state index in [1.54, 1.807) is 6.07 Å². The minimum Gasteiger partial charge on any atom is -0.508 e. The van der Waals surface area contributed by atoms with Crippen molar-refractivity contribution in [3.05, 3.63) is 29.0 Å². The molecule has 0 aliphatic carbocycles. The summed E-state index contributed by atoms with van der Waals surface area (Å²) in [5.41, 5.74) is 4.30. The SMILES string of the molecule is Cc1cc2c(C)c(O)cc(C)c2[nH]1. The minimum atomic E-state index is 0.379. The van der Waals surface area contributed by atoms with Crippen LogP contribution in [0.1, 0.15) is 16.8 Å². The van der Waals surface area contributed by atoms with Gasteiger partial charge < -0.3 is 10.1 Å². The number of nitrogens with one attached hydrogen (secondary N) is 1. The zero-order valence-electron chi connectivity index (χ0n) is 8.10. The summed E-state index contributed by atoms with van der Waals surface area (Å²) < 4.78 is 0. The van der Waals surface area contributed by atoms with Gasteiger partial charge in [0.25, 0.3) is 0 Å². The normalized spacial score (nSPS) is 11.0. The summed E-state index contributed by atoms with van der Waals surface area (Å²) in [7, 11) is 0. The van der Waals surface area contributed by atoms with Gasteiger partial charge in [-0.2, -0.15) is 0 Å². The molecule has 2 aromatic rings. The molecule has 1 aromatic heterocycles. The van der Waals surface area contributed by atoms with Crippen LogP contribution in [0.5, 0.6) is 5.75 Å². The molecule has 2 rings (SSSR count). The first-order valence-electron chi connectivity index (χ1n) is 4.38. The van der Waals surface area contributed by atoms with Crippen molar-refractivity contribution in [1.82, 2.24) is 4.98 Å². The average Bonchev–Trinajstić information content (AvgIpc) is 2.44. The van der Waals surface area contributed by atoms with E-state index in [-0.39, 0.29) is 0 Å². The van der Waals surface area contributed by atoms with Crippen molar-refractivity contribution in [3.8, 4) is 5.75 Å². The highest BCUT2D eigenvalue weighted by Crippen LogP contribution is 2.29. The smallest absolute Gasteiger partial charge is 0.119 e. The summed E-state index contributed by atoms with van der Waals surface area (Å²) in [5, 5.41) is 10.7. The van der Waals surface area contributed by atoms with E-state index in [1.165, 1.54) is 0 Å². The Morgan fingerprint density at radius 2 is 1.85 bits per heavy atom. The molecule has 0 fully saturated rings. The molecular formula is C11H13NO. The molecule has 0 saturated carbocycles. The first-order valence-corrected chi connectivity index (χ1v) is 4.38. The van der Waals surface area contributed by atoms with Crippen LogP contribution in [0.25, 0.3) is 10.9 Å². The number of hydrogen-bond acceptors (Lipinski definition) is 1. The van der Waals surface area contributed by atoms with Gasteiger partial charge in [-0.3, -0.25) is 0 Å². The van der Waals surface area contributed by atoms with Crippen molar-refractivity contribution in [2.45, 2.75) is 20.8 Å². The number of fused-ring (bicyclic) bond motifs is 1. The molecule has 2 nitrogen and oxygen atoms in total. The third-order valence-electron chi connectivity index (χ3n) is 2.49. The Balaban J connectivity index is 2.95. The third-order valence-corrected chi connectivity index (χ3v) is 2.49. The van der Waals surface area contributed by atoms with Gasteiger partial charge >= 0.3 is 0 Å². The van der Waals surface area contributed by atoms with Crippen LogP contribution in [0, 0.1) is 20.8 Å². The summed E-state index contributed by atoms with van der Waals surface area (Å²) in [6.07, 6.45) is 0. The molecule has 0 bridgehead atoms. The molecule has 0 spiro atoms. The molecule has 1 heterocycles. The number of H-pyrrole nitrogens is 1. The fourth-order valence-corrected chi connectivity index (χ4v) is 1.72. The zero-order chi connectivity index (χ0) is 9.59. The van der Waals surface area contributed by atoms with Crippen LogP contribution < -0.4 is 0 Å². The number of aromatic nitrogens is 1. The molecule has 0 atom stereocenters. The van der Waals surface area contributed by atoms with E-state index in [0.717, 1.165) is 27.7 Å². The van der Waals surface area contributed by atoms with E-state index in [4.69, 9.17) is 0 Å². The summed E-state index contributed by atoms with van der Waals surface area (Å²) in [6.45, 7) is 5.96. The molecule has 0 aliphatic heterocycles. The van der Waals surface area contributed by atoms with Gasteiger partial charge in [0.15, 0.2) is 0 Å². The minimum absolute atomic E-state index is 0.379. The third kappa shape index (κ3) is 1.10.